The summed E-state index contributed by atoms with van der Waals surface area (Å²) in [5.41, 5.74) is 27.8. The van der Waals surface area contributed by atoms with E-state index in [1.807, 2.05) is 36.4 Å². The van der Waals surface area contributed by atoms with E-state index in [1.165, 1.54) is 63.5 Å². The lowest BCUT2D eigenvalue weighted by molar-refractivity contribution is 0.0981. The lowest BCUT2D eigenvalue weighted by Crippen LogP contribution is -2.26. The van der Waals surface area contributed by atoms with Crippen LogP contribution in [0.25, 0.3) is 12.2 Å². The minimum absolute atomic E-state index is 0.00893. The minimum Gasteiger partial charge on any atom is -0.455 e. The van der Waals surface area contributed by atoms with Crippen LogP contribution in [0.2, 0.25) is 0 Å². The van der Waals surface area contributed by atoms with Crippen molar-refractivity contribution >= 4 is 46.5 Å². The Kier molecular flexibility index (Phi) is 13.2. The number of hydrogen-bond acceptors (Lipinski definition) is 8. The van der Waals surface area contributed by atoms with Crippen LogP contribution in [0.15, 0.2) is 72.8 Å². The lowest BCUT2D eigenvalue weighted by Gasteiger charge is -2.25. The van der Waals surface area contributed by atoms with Gasteiger partial charge in [-0.25, -0.2) is 0 Å². The third kappa shape index (κ3) is 9.04. The highest BCUT2D eigenvalue weighted by molar-refractivity contribution is 6.35. The molecular formula is C44H52N4O4. The van der Waals surface area contributed by atoms with E-state index in [4.69, 9.17) is 32.4 Å². The zero-order valence-corrected chi connectivity index (χ0v) is 30.5. The molecule has 0 radical (unpaired) electrons. The summed E-state index contributed by atoms with van der Waals surface area (Å²) in [4.78, 5) is 28.1. The Balaban J connectivity index is 1.34. The fourth-order valence-corrected chi connectivity index (χ4v) is 6.55. The second kappa shape index (κ2) is 18.1. The van der Waals surface area contributed by atoms with E-state index in [0.29, 0.717) is 11.5 Å². The second-order valence-electron chi connectivity index (χ2n) is 13.5. The third-order valence-electron chi connectivity index (χ3n) is 9.37. The first kappa shape index (κ1) is 37.7. The SMILES string of the molecule is CCCCCCCC=Cc1cccc(Oc2cc(N)c3c(c2N)C(=O)c2c(N)cc(Oc4cccc(C=CCCCCCCC)c4)c(N)c2C3=O)c1. The minimum atomic E-state index is -0.563. The highest BCUT2D eigenvalue weighted by Gasteiger charge is 2.38. The van der Waals surface area contributed by atoms with Crippen molar-refractivity contribution in [3.63, 3.8) is 0 Å². The van der Waals surface area contributed by atoms with Gasteiger partial charge in [0, 0.05) is 23.5 Å². The summed E-state index contributed by atoms with van der Waals surface area (Å²) in [5.74, 6) is 0.224. The number of anilines is 4. The highest BCUT2D eigenvalue weighted by Crippen LogP contribution is 2.46. The van der Waals surface area contributed by atoms with Crippen LogP contribution in [-0.4, -0.2) is 11.6 Å². The van der Waals surface area contributed by atoms with Gasteiger partial charge < -0.3 is 32.4 Å². The van der Waals surface area contributed by atoms with Crippen molar-refractivity contribution < 1.29 is 19.1 Å². The van der Waals surface area contributed by atoms with Gasteiger partial charge in [0.05, 0.1) is 33.6 Å². The highest BCUT2D eigenvalue weighted by atomic mass is 16.5. The van der Waals surface area contributed by atoms with Crippen molar-refractivity contribution in [2.75, 3.05) is 22.9 Å². The quantitative estimate of drug-likeness (QED) is 0.0519. The van der Waals surface area contributed by atoms with Crippen molar-refractivity contribution in [1.29, 1.82) is 0 Å². The summed E-state index contributed by atoms with van der Waals surface area (Å²) >= 11 is 0. The van der Waals surface area contributed by atoms with Crippen LogP contribution >= 0.6 is 0 Å². The molecule has 8 N–H and O–H groups in total. The Hall–Kier alpha value is -5.50. The maximum atomic E-state index is 14.1. The predicted molar refractivity (Wildman–Crippen MR) is 215 cm³/mol. The van der Waals surface area contributed by atoms with Crippen LogP contribution in [0.4, 0.5) is 22.7 Å². The van der Waals surface area contributed by atoms with E-state index in [2.05, 4.69) is 38.2 Å². The fraction of sp³-hybridized carbons (Fsp3) is 0.318. The normalized spacial score (nSPS) is 12.4. The molecule has 1 aliphatic rings. The first-order valence-electron chi connectivity index (χ1n) is 18.7. The van der Waals surface area contributed by atoms with E-state index < -0.39 is 11.6 Å². The standard InChI is InChI=1S/C44H52N4O4/c1-3-5-7-9-11-13-15-19-29-21-17-23-31(25-29)51-35-27-33(45)37-39(41(35)47)43(49)38-34(46)28-36(42(48)40(38)44(37)50)52-32-24-18-22-30(26-32)20-16-14-12-10-8-6-4-2/h15-28H,3-14,45-48H2,1-2H3. The Morgan fingerprint density at radius 2 is 0.923 bits per heavy atom. The molecule has 272 valence electrons. The summed E-state index contributed by atoms with van der Waals surface area (Å²) in [5, 5.41) is 0. The van der Waals surface area contributed by atoms with E-state index in [9.17, 15) is 9.59 Å². The average molecular weight is 701 g/mol. The molecule has 4 aromatic carbocycles. The molecule has 0 bridgehead atoms. The summed E-state index contributed by atoms with van der Waals surface area (Å²) in [6.45, 7) is 4.43. The number of benzene rings is 4. The van der Waals surface area contributed by atoms with E-state index in [-0.39, 0.29) is 56.5 Å². The number of carbonyl (C=O) groups is 2. The lowest BCUT2D eigenvalue weighted by atomic mass is 9.80. The number of ketones is 2. The number of hydrogen-bond donors (Lipinski definition) is 4. The van der Waals surface area contributed by atoms with Crippen LogP contribution in [0.1, 0.15) is 134 Å². The van der Waals surface area contributed by atoms with Gasteiger partial charge in [0.1, 0.15) is 11.5 Å². The Labute approximate surface area is 307 Å². The second-order valence-corrected chi connectivity index (χ2v) is 13.5. The van der Waals surface area contributed by atoms with Crippen LogP contribution in [0, 0.1) is 0 Å². The number of allylic oxidation sites excluding steroid dienone is 2. The van der Waals surface area contributed by atoms with E-state index >= 15 is 0 Å². The van der Waals surface area contributed by atoms with Crippen molar-refractivity contribution in [2.45, 2.75) is 90.9 Å². The molecule has 52 heavy (non-hydrogen) atoms. The van der Waals surface area contributed by atoms with Crippen LogP contribution in [0.3, 0.4) is 0 Å². The molecule has 8 nitrogen and oxygen atoms in total. The number of unbranched alkanes of at least 4 members (excludes halogenated alkanes) is 10. The molecule has 0 heterocycles. The first-order valence-corrected chi connectivity index (χ1v) is 18.7. The van der Waals surface area contributed by atoms with Gasteiger partial charge in [-0.15, -0.1) is 0 Å². The van der Waals surface area contributed by atoms with Crippen molar-refractivity contribution in [3.8, 4) is 23.0 Å². The van der Waals surface area contributed by atoms with Crippen molar-refractivity contribution in [2.24, 2.45) is 0 Å². The molecular weight excluding hydrogens is 649 g/mol. The van der Waals surface area contributed by atoms with Gasteiger partial charge in [-0.05, 0) is 61.1 Å². The van der Waals surface area contributed by atoms with Gasteiger partial charge in [0.15, 0.2) is 23.1 Å². The van der Waals surface area contributed by atoms with Gasteiger partial charge >= 0.3 is 0 Å². The summed E-state index contributed by atoms with van der Waals surface area (Å²) in [6.07, 6.45) is 22.8. The monoisotopic (exact) mass is 700 g/mol. The van der Waals surface area contributed by atoms with Crippen LogP contribution in [-0.2, 0) is 0 Å². The van der Waals surface area contributed by atoms with Gasteiger partial charge in [-0.2, -0.15) is 0 Å². The van der Waals surface area contributed by atoms with Gasteiger partial charge in [0.2, 0.25) is 0 Å². The van der Waals surface area contributed by atoms with E-state index in [1.54, 1.807) is 12.1 Å². The topological polar surface area (TPSA) is 157 Å². The smallest absolute Gasteiger partial charge is 0.198 e. The molecule has 0 fully saturated rings. The predicted octanol–water partition coefficient (Wildman–Crippen LogP) is 11.1. The molecule has 0 unspecified atom stereocenters. The summed E-state index contributed by atoms with van der Waals surface area (Å²) in [6, 6.07) is 18.0. The number of nitrogens with two attached hydrogens (primary N) is 4. The molecule has 0 aromatic heterocycles. The van der Waals surface area contributed by atoms with Gasteiger partial charge in [-0.3, -0.25) is 9.59 Å². The molecule has 0 saturated carbocycles. The molecule has 0 spiro atoms. The molecule has 0 amide bonds. The van der Waals surface area contributed by atoms with Crippen LogP contribution in [0.5, 0.6) is 23.0 Å². The first-order chi connectivity index (χ1) is 25.2. The number of carbonyl (C=O) groups excluding carboxylic acids is 2. The Morgan fingerprint density at radius 1 is 0.519 bits per heavy atom. The third-order valence-corrected chi connectivity index (χ3v) is 9.37. The van der Waals surface area contributed by atoms with Crippen molar-refractivity contribution in [3.05, 3.63) is 106 Å². The molecule has 0 saturated heterocycles. The number of nitrogen functional groups attached to an aromatic ring is 4. The largest absolute Gasteiger partial charge is 0.455 e. The number of rotatable bonds is 18. The molecule has 0 aliphatic heterocycles. The maximum Gasteiger partial charge on any atom is 0.198 e. The molecule has 4 aromatic rings. The number of ether oxygens (including phenoxy) is 2. The molecule has 5 rings (SSSR count). The zero-order valence-electron chi connectivity index (χ0n) is 30.5. The van der Waals surface area contributed by atoms with E-state index in [0.717, 1.165) is 36.8 Å². The summed E-state index contributed by atoms with van der Waals surface area (Å²) < 4.78 is 12.3. The van der Waals surface area contributed by atoms with Gasteiger partial charge in [-0.1, -0.05) is 114 Å². The average Bonchev–Trinajstić information content (AvgIpc) is 3.13. The van der Waals surface area contributed by atoms with Gasteiger partial charge in [0.25, 0.3) is 0 Å². The summed E-state index contributed by atoms with van der Waals surface area (Å²) in [7, 11) is 0. The number of fused-ring (bicyclic) bond motifs is 2. The molecule has 8 heteroatoms. The molecule has 0 atom stereocenters. The van der Waals surface area contributed by atoms with Crippen LogP contribution < -0.4 is 32.4 Å². The zero-order chi connectivity index (χ0) is 37.0. The Morgan fingerprint density at radius 3 is 1.33 bits per heavy atom. The molecule has 1 aliphatic carbocycles. The van der Waals surface area contributed by atoms with Crippen molar-refractivity contribution in [1.82, 2.24) is 0 Å². The maximum absolute atomic E-state index is 14.1. The Bertz CT molecular complexity index is 1820. The fourth-order valence-electron chi connectivity index (χ4n) is 6.55.